The van der Waals surface area contributed by atoms with Crippen LogP contribution in [0, 0.1) is 0 Å². The topological polar surface area (TPSA) is 51.2 Å². The van der Waals surface area contributed by atoms with E-state index in [2.05, 4.69) is 15.0 Å². The van der Waals surface area contributed by atoms with Crippen molar-refractivity contribution in [1.29, 1.82) is 0 Å². The Morgan fingerprint density at radius 2 is 1.85 bits per heavy atom. The highest BCUT2D eigenvalue weighted by molar-refractivity contribution is 6.09. The number of nitrogens with zero attached hydrogens (tertiary/aromatic N) is 1. The average Bonchev–Trinajstić information content (AvgIpc) is 2.61. The van der Waals surface area contributed by atoms with E-state index in [9.17, 15) is 26.7 Å². The predicted molar refractivity (Wildman–Crippen MR) is 87.8 cm³/mol. The van der Waals surface area contributed by atoms with Crippen LogP contribution < -0.4 is 10.1 Å². The van der Waals surface area contributed by atoms with Crippen LogP contribution >= 0.6 is 0 Å². The van der Waals surface area contributed by atoms with Crippen LogP contribution in [0.4, 0.5) is 27.6 Å². The smallest absolute Gasteiger partial charge is 0.434 e. The molecule has 0 aliphatic carbocycles. The molecule has 2 aromatic carbocycles. The number of nitrogens with one attached hydrogen (secondary N) is 1. The molecule has 1 N–H and O–H groups in total. The van der Waals surface area contributed by atoms with Crippen LogP contribution in [0.5, 0.6) is 5.75 Å². The van der Waals surface area contributed by atoms with Crippen molar-refractivity contribution in [2.24, 2.45) is 0 Å². The summed E-state index contributed by atoms with van der Waals surface area (Å²) in [6.45, 7) is -3.03. The first-order chi connectivity index (χ1) is 12.8. The number of hydrogen-bond acceptors (Lipinski definition) is 3. The van der Waals surface area contributed by atoms with Gasteiger partial charge in [-0.1, -0.05) is 18.2 Å². The van der Waals surface area contributed by atoms with E-state index >= 15 is 0 Å². The number of carbonyl (C=O) groups excluding carboxylic acids is 1. The number of rotatable bonds is 4. The normalized spacial score (nSPS) is 11.6. The number of carbonyl (C=O) groups is 1. The number of halogens is 5. The first-order valence-corrected chi connectivity index (χ1v) is 7.57. The molecule has 4 nitrogen and oxygen atoms in total. The van der Waals surface area contributed by atoms with Crippen molar-refractivity contribution in [2.45, 2.75) is 12.8 Å². The molecular formula is C18H11F5N2O2. The lowest BCUT2D eigenvalue weighted by Crippen LogP contribution is -2.20. The summed E-state index contributed by atoms with van der Waals surface area (Å²) in [6.07, 6.45) is -3.86. The molecule has 0 atom stereocenters. The monoisotopic (exact) mass is 382 g/mol. The van der Waals surface area contributed by atoms with E-state index in [1.165, 1.54) is 30.3 Å². The third-order valence-electron chi connectivity index (χ3n) is 3.65. The summed E-state index contributed by atoms with van der Waals surface area (Å²) in [6, 6.07) is 11.0. The SMILES string of the molecule is O=C(Nc1cccc2ccc(OC(F)F)cc12)c1cccnc1C(F)(F)F. The highest BCUT2D eigenvalue weighted by Crippen LogP contribution is 2.32. The molecule has 9 heteroatoms. The number of pyridine rings is 1. The van der Waals surface area contributed by atoms with Crippen LogP contribution in [0.2, 0.25) is 0 Å². The number of aromatic nitrogens is 1. The molecule has 0 unspecified atom stereocenters. The maximum atomic E-state index is 13.0. The zero-order valence-corrected chi connectivity index (χ0v) is 13.4. The fourth-order valence-corrected chi connectivity index (χ4v) is 2.54. The summed E-state index contributed by atoms with van der Waals surface area (Å²) in [4.78, 5) is 15.6. The van der Waals surface area contributed by atoms with Crippen molar-refractivity contribution in [3.8, 4) is 5.75 Å². The maximum Gasteiger partial charge on any atom is 0.434 e. The van der Waals surface area contributed by atoms with Gasteiger partial charge in [-0.3, -0.25) is 9.78 Å². The molecule has 27 heavy (non-hydrogen) atoms. The Balaban J connectivity index is 1.98. The first kappa shape index (κ1) is 18.6. The molecule has 3 aromatic rings. The molecule has 0 aliphatic heterocycles. The number of hydrogen-bond donors (Lipinski definition) is 1. The summed E-state index contributed by atoms with van der Waals surface area (Å²) in [7, 11) is 0. The van der Waals surface area contributed by atoms with Crippen molar-refractivity contribution in [1.82, 2.24) is 4.98 Å². The third-order valence-corrected chi connectivity index (χ3v) is 3.65. The van der Waals surface area contributed by atoms with Crippen LogP contribution in [-0.2, 0) is 6.18 Å². The van der Waals surface area contributed by atoms with Gasteiger partial charge in [-0.05, 0) is 35.7 Å². The van der Waals surface area contributed by atoms with Crippen LogP contribution in [0.3, 0.4) is 0 Å². The van der Waals surface area contributed by atoms with Gasteiger partial charge in [0.25, 0.3) is 5.91 Å². The van der Waals surface area contributed by atoms with Crippen molar-refractivity contribution >= 4 is 22.4 Å². The van der Waals surface area contributed by atoms with Crippen molar-refractivity contribution < 1.29 is 31.5 Å². The van der Waals surface area contributed by atoms with Gasteiger partial charge in [0.05, 0.1) is 5.56 Å². The molecule has 0 bridgehead atoms. The molecular weight excluding hydrogens is 371 g/mol. The third kappa shape index (κ3) is 4.13. The quantitative estimate of drug-likeness (QED) is 0.638. The van der Waals surface area contributed by atoms with E-state index in [1.807, 2.05) is 0 Å². The highest BCUT2D eigenvalue weighted by atomic mass is 19.4. The van der Waals surface area contributed by atoms with Gasteiger partial charge in [-0.25, -0.2) is 0 Å². The van der Waals surface area contributed by atoms with E-state index in [-0.39, 0.29) is 11.4 Å². The standard InChI is InChI=1S/C18H11F5N2O2/c19-17(20)27-11-7-6-10-3-1-5-14(13(10)9-11)25-16(26)12-4-2-8-24-15(12)18(21,22)23/h1-9,17H,(H,25,26). The molecule has 1 amide bonds. The van der Waals surface area contributed by atoms with Crippen LogP contribution in [0.1, 0.15) is 16.1 Å². The summed E-state index contributed by atoms with van der Waals surface area (Å²) >= 11 is 0. The Hall–Kier alpha value is -3.23. The minimum atomic E-state index is -4.80. The van der Waals surface area contributed by atoms with Crippen LogP contribution in [0.25, 0.3) is 10.8 Å². The van der Waals surface area contributed by atoms with Gasteiger partial charge in [-0.2, -0.15) is 22.0 Å². The first-order valence-electron chi connectivity index (χ1n) is 7.57. The summed E-state index contributed by atoms with van der Waals surface area (Å²) in [5, 5.41) is 3.29. The molecule has 140 valence electrons. The average molecular weight is 382 g/mol. The molecule has 1 heterocycles. The lowest BCUT2D eigenvalue weighted by molar-refractivity contribution is -0.141. The number of benzene rings is 2. The lowest BCUT2D eigenvalue weighted by atomic mass is 10.1. The van der Waals surface area contributed by atoms with Crippen molar-refractivity contribution in [2.75, 3.05) is 5.32 Å². The van der Waals surface area contributed by atoms with Gasteiger partial charge in [0.2, 0.25) is 0 Å². The zero-order valence-electron chi connectivity index (χ0n) is 13.4. The highest BCUT2D eigenvalue weighted by Gasteiger charge is 2.37. The Labute approximate surface area is 149 Å². The zero-order chi connectivity index (χ0) is 19.6. The van der Waals surface area contributed by atoms with Gasteiger partial charge in [0.15, 0.2) is 5.69 Å². The largest absolute Gasteiger partial charge is 0.435 e. The number of anilines is 1. The van der Waals surface area contributed by atoms with Crippen LogP contribution in [-0.4, -0.2) is 17.5 Å². The Kier molecular flexibility index (Phi) is 4.93. The molecule has 0 saturated heterocycles. The van der Waals surface area contributed by atoms with Gasteiger partial charge in [0.1, 0.15) is 5.75 Å². The summed E-state index contributed by atoms with van der Waals surface area (Å²) in [5.41, 5.74) is -1.82. The molecule has 0 fully saturated rings. The second-order valence-electron chi connectivity index (χ2n) is 5.42. The second-order valence-corrected chi connectivity index (χ2v) is 5.42. The summed E-state index contributed by atoms with van der Waals surface area (Å²) < 4.78 is 68.3. The Morgan fingerprint density at radius 1 is 1.07 bits per heavy atom. The fourth-order valence-electron chi connectivity index (χ4n) is 2.54. The van der Waals surface area contributed by atoms with Crippen molar-refractivity contribution in [3.05, 3.63) is 66.0 Å². The molecule has 0 spiro atoms. The van der Waals surface area contributed by atoms with Gasteiger partial charge >= 0.3 is 12.8 Å². The minimum Gasteiger partial charge on any atom is -0.435 e. The van der Waals surface area contributed by atoms with E-state index in [0.29, 0.717) is 10.8 Å². The van der Waals surface area contributed by atoms with Crippen molar-refractivity contribution in [3.63, 3.8) is 0 Å². The molecule has 3 rings (SSSR count). The number of alkyl halides is 5. The summed E-state index contributed by atoms with van der Waals surface area (Å²) in [5.74, 6) is -1.17. The maximum absolute atomic E-state index is 13.0. The van der Waals surface area contributed by atoms with Gasteiger partial charge < -0.3 is 10.1 Å². The van der Waals surface area contributed by atoms with Crippen LogP contribution in [0.15, 0.2) is 54.7 Å². The van der Waals surface area contributed by atoms with Gasteiger partial charge in [-0.15, -0.1) is 0 Å². The minimum absolute atomic E-state index is 0.142. The number of ether oxygens (including phenoxy) is 1. The van der Waals surface area contributed by atoms with E-state index in [1.54, 1.807) is 12.1 Å². The van der Waals surface area contributed by atoms with Gasteiger partial charge in [0, 0.05) is 17.3 Å². The molecule has 0 aliphatic rings. The Bertz CT molecular complexity index is 989. The predicted octanol–water partition coefficient (Wildman–Crippen LogP) is 5.11. The number of fused-ring (bicyclic) bond motifs is 1. The fraction of sp³-hybridized carbons (Fsp3) is 0.111. The number of amides is 1. The van der Waals surface area contributed by atoms with E-state index in [4.69, 9.17) is 0 Å². The second kappa shape index (κ2) is 7.18. The lowest BCUT2D eigenvalue weighted by Gasteiger charge is -2.13. The van der Waals surface area contributed by atoms with E-state index < -0.39 is 30.0 Å². The van der Waals surface area contributed by atoms with E-state index in [0.717, 1.165) is 12.3 Å². The molecule has 0 radical (unpaired) electrons. The molecule has 0 saturated carbocycles. The molecule has 1 aromatic heterocycles. The Morgan fingerprint density at radius 3 is 2.56 bits per heavy atom.